The van der Waals surface area contributed by atoms with Crippen LogP contribution in [0.15, 0.2) is 85.6 Å². The maximum atomic E-state index is 11.3. The molecule has 0 saturated carbocycles. The fourth-order valence-corrected chi connectivity index (χ4v) is 1.25. The summed E-state index contributed by atoms with van der Waals surface area (Å²) in [5.74, 6) is 0.193. The van der Waals surface area contributed by atoms with Crippen LogP contribution >= 0.6 is 0 Å². The van der Waals surface area contributed by atoms with Gasteiger partial charge in [0.2, 0.25) is 0 Å². The first-order chi connectivity index (χ1) is 9.81. The van der Waals surface area contributed by atoms with Crippen LogP contribution in [0.25, 0.3) is 0 Å². The third kappa shape index (κ3) is 13.9. The van der Waals surface area contributed by atoms with E-state index in [2.05, 4.69) is 13.5 Å². The summed E-state index contributed by atoms with van der Waals surface area (Å²) < 4.78 is 0. The van der Waals surface area contributed by atoms with Gasteiger partial charge in [0.1, 0.15) is 0 Å². The van der Waals surface area contributed by atoms with Gasteiger partial charge in [0.25, 0.3) is 0 Å². The molecule has 0 aromatic carbocycles. The molecule has 0 radical (unpaired) electrons. The number of allylic oxidation sites excluding steroid dienone is 13. The molecule has 0 atom stereocenters. The summed E-state index contributed by atoms with van der Waals surface area (Å²) in [6.07, 6.45) is 27.0. The van der Waals surface area contributed by atoms with Crippen molar-refractivity contribution in [2.45, 2.75) is 26.2 Å². The summed E-state index contributed by atoms with van der Waals surface area (Å²) in [7, 11) is 0. The van der Waals surface area contributed by atoms with E-state index in [1.54, 1.807) is 18.2 Å². The van der Waals surface area contributed by atoms with Crippen LogP contribution in [-0.4, -0.2) is 5.78 Å². The van der Waals surface area contributed by atoms with Gasteiger partial charge in [-0.05, 0) is 12.5 Å². The summed E-state index contributed by atoms with van der Waals surface area (Å²) in [5.41, 5.74) is 0. The Morgan fingerprint density at radius 3 is 1.70 bits per heavy atom. The van der Waals surface area contributed by atoms with E-state index in [0.29, 0.717) is 6.42 Å². The number of carbonyl (C=O) groups is 1. The number of hydrogen-bond donors (Lipinski definition) is 0. The fraction of sp³-hybridized carbons (Fsp3) is 0.211. The van der Waals surface area contributed by atoms with E-state index in [4.69, 9.17) is 0 Å². The van der Waals surface area contributed by atoms with Crippen LogP contribution in [0.4, 0.5) is 0 Å². The predicted molar refractivity (Wildman–Crippen MR) is 89.6 cm³/mol. The van der Waals surface area contributed by atoms with Crippen molar-refractivity contribution in [3.8, 4) is 0 Å². The van der Waals surface area contributed by atoms with Crippen molar-refractivity contribution in [1.29, 1.82) is 0 Å². The zero-order chi connectivity index (χ0) is 14.9. The quantitative estimate of drug-likeness (QED) is 0.389. The summed E-state index contributed by atoms with van der Waals surface area (Å²) >= 11 is 0. The van der Waals surface area contributed by atoms with E-state index in [9.17, 15) is 4.79 Å². The molecule has 0 bridgehead atoms. The molecule has 0 amide bonds. The van der Waals surface area contributed by atoms with Gasteiger partial charge in [0, 0.05) is 6.42 Å². The minimum absolute atomic E-state index is 0.193. The highest BCUT2D eigenvalue weighted by Gasteiger charge is 1.92. The maximum absolute atomic E-state index is 11.3. The number of carbonyl (C=O) groups excluding carboxylic acids is 1. The molecule has 0 fully saturated rings. The Bertz CT molecular complexity index is 429. The van der Waals surface area contributed by atoms with Gasteiger partial charge in [0.15, 0.2) is 5.78 Å². The number of hydrogen-bond acceptors (Lipinski definition) is 1. The molecule has 0 aliphatic carbocycles. The molecule has 0 heterocycles. The van der Waals surface area contributed by atoms with Crippen LogP contribution in [0.1, 0.15) is 26.2 Å². The second-order valence-corrected chi connectivity index (χ2v) is 4.09. The van der Waals surface area contributed by atoms with Gasteiger partial charge in [-0.25, -0.2) is 0 Å². The smallest absolute Gasteiger partial charge is 0.155 e. The molecule has 0 rings (SSSR count). The Hall–Kier alpha value is -2.15. The second kappa shape index (κ2) is 14.9. The first-order valence-electron chi connectivity index (χ1n) is 6.96. The van der Waals surface area contributed by atoms with Gasteiger partial charge >= 0.3 is 0 Å². The summed E-state index contributed by atoms with van der Waals surface area (Å²) in [5, 5.41) is 0. The van der Waals surface area contributed by atoms with E-state index in [1.807, 2.05) is 60.8 Å². The highest BCUT2D eigenvalue weighted by Crippen LogP contribution is 1.96. The van der Waals surface area contributed by atoms with Gasteiger partial charge in [-0.1, -0.05) is 92.8 Å². The van der Waals surface area contributed by atoms with Gasteiger partial charge in [-0.2, -0.15) is 0 Å². The van der Waals surface area contributed by atoms with Gasteiger partial charge in [-0.3, -0.25) is 4.79 Å². The molecule has 1 nitrogen and oxygen atoms in total. The Morgan fingerprint density at radius 2 is 1.25 bits per heavy atom. The standard InChI is InChI=1S/C19H24O/c1-3-5-7-8-9-10-11-12-13-14-15-16-18-19(20)17-6-4-2/h3,5,7-16,18H,1,4,6,17H2,2H3. The van der Waals surface area contributed by atoms with E-state index in [0.717, 1.165) is 12.8 Å². The molecule has 0 N–H and O–H groups in total. The third-order valence-corrected chi connectivity index (χ3v) is 2.31. The summed E-state index contributed by atoms with van der Waals surface area (Å²) in [6, 6.07) is 0. The lowest BCUT2D eigenvalue weighted by atomic mass is 10.2. The molecule has 106 valence electrons. The van der Waals surface area contributed by atoms with Crippen LogP contribution in [0, 0.1) is 0 Å². The fourth-order valence-electron chi connectivity index (χ4n) is 1.25. The van der Waals surface area contributed by atoms with Crippen molar-refractivity contribution in [1.82, 2.24) is 0 Å². The van der Waals surface area contributed by atoms with Gasteiger partial charge < -0.3 is 0 Å². The minimum Gasteiger partial charge on any atom is -0.295 e. The van der Waals surface area contributed by atoms with Crippen molar-refractivity contribution in [2.75, 3.05) is 0 Å². The monoisotopic (exact) mass is 268 g/mol. The molecule has 0 aliphatic heterocycles. The van der Waals surface area contributed by atoms with E-state index in [1.165, 1.54) is 0 Å². The lowest BCUT2D eigenvalue weighted by Crippen LogP contribution is -1.90. The predicted octanol–water partition coefficient (Wildman–Crippen LogP) is 5.27. The largest absolute Gasteiger partial charge is 0.295 e. The van der Waals surface area contributed by atoms with E-state index >= 15 is 0 Å². The highest BCUT2D eigenvalue weighted by atomic mass is 16.1. The zero-order valence-electron chi connectivity index (χ0n) is 12.2. The van der Waals surface area contributed by atoms with Crippen LogP contribution < -0.4 is 0 Å². The van der Waals surface area contributed by atoms with E-state index < -0.39 is 0 Å². The van der Waals surface area contributed by atoms with E-state index in [-0.39, 0.29) is 5.78 Å². The van der Waals surface area contributed by atoms with Gasteiger partial charge in [0.05, 0.1) is 0 Å². The molecule has 20 heavy (non-hydrogen) atoms. The molecule has 0 aromatic rings. The average molecular weight is 268 g/mol. The van der Waals surface area contributed by atoms with Crippen molar-refractivity contribution < 1.29 is 4.79 Å². The van der Waals surface area contributed by atoms with Crippen LogP contribution in [-0.2, 0) is 4.79 Å². The van der Waals surface area contributed by atoms with Gasteiger partial charge in [-0.15, -0.1) is 0 Å². The second-order valence-electron chi connectivity index (χ2n) is 4.09. The van der Waals surface area contributed by atoms with Crippen LogP contribution in [0.2, 0.25) is 0 Å². The van der Waals surface area contributed by atoms with Crippen LogP contribution in [0.3, 0.4) is 0 Å². The van der Waals surface area contributed by atoms with Crippen molar-refractivity contribution in [2.24, 2.45) is 0 Å². The molecular weight excluding hydrogens is 244 g/mol. The van der Waals surface area contributed by atoms with Crippen molar-refractivity contribution in [3.63, 3.8) is 0 Å². The zero-order valence-corrected chi connectivity index (χ0v) is 12.2. The third-order valence-electron chi connectivity index (χ3n) is 2.31. The summed E-state index contributed by atoms with van der Waals surface area (Å²) in [4.78, 5) is 11.3. The Labute approximate surface area is 123 Å². The molecule has 0 aliphatic rings. The Kier molecular flexibility index (Phi) is 13.3. The number of ketones is 1. The normalized spacial score (nSPS) is 13.1. The Balaban J connectivity index is 3.86. The lowest BCUT2D eigenvalue weighted by molar-refractivity contribution is -0.114. The maximum Gasteiger partial charge on any atom is 0.155 e. The topological polar surface area (TPSA) is 17.1 Å². The van der Waals surface area contributed by atoms with Crippen molar-refractivity contribution >= 4 is 5.78 Å². The first kappa shape index (κ1) is 17.8. The first-order valence-corrected chi connectivity index (χ1v) is 6.96. The average Bonchev–Trinajstić information content (AvgIpc) is 2.46. The number of unbranched alkanes of at least 4 members (excludes halogenated alkanes) is 1. The molecule has 1 heteroatoms. The molecule has 0 spiro atoms. The SMILES string of the molecule is C=CC=CC=CC=CC=CC=CC=CC(=O)CCCC. The van der Waals surface area contributed by atoms with Crippen molar-refractivity contribution in [3.05, 3.63) is 85.6 Å². The number of rotatable bonds is 10. The molecule has 0 saturated heterocycles. The Morgan fingerprint density at radius 1 is 0.800 bits per heavy atom. The minimum atomic E-state index is 0.193. The molecule has 0 aromatic heterocycles. The highest BCUT2D eigenvalue weighted by molar-refractivity contribution is 5.89. The molecule has 0 unspecified atom stereocenters. The molecular formula is C19H24O. The lowest BCUT2D eigenvalue weighted by Gasteiger charge is -1.89. The summed E-state index contributed by atoms with van der Waals surface area (Å²) in [6.45, 7) is 5.67. The van der Waals surface area contributed by atoms with Crippen LogP contribution in [0.5, 0.6) is 0 Å².